The molecule has 1 aromatic carbocycles. The van der Waals surface area contributed by atoms with Crippen molar-refractivity contribution in [1.82, 2.24) is 9.88 Å². The van der Waals surface area contributed by atoms with Crippen molar-refractivity contribution >= 4 is 5.91 Å². The standard InChI is InChI=1S/C16H18N2O2/c1-11-8-14(15(19)17-3)16(20)18(9-11)10-13-7-5-4-6-12(13)2/h4-9H,10H2,1-3H3,(H,17,19). The quantitative estimate of drug-likeness (QED) is 0.925. The van der Waals surface area contributed by atoms with Crippen LogP contribution in [-0.2, 0) is 6.54 Å². The van der Waals surface area contributed by atoms with Gasteiger partial charge in [-0.05, 0) is 36.6 Å². The Hall–Kier alpha value is -2.36. The van der Waals surface area contributed by atoms with Gasteiger partial charge < -0.3 is 9.88 Å². The van der Waals surface area contributed by atoms with E-state index >= 15 is 0 Å². The monoisotopic (exact) mass is 270 g/mol. The van der Waals surface area contributed by atoms with Crippen LogP contribution in [0.3, 0.4) is 0 Å². The van der Waals surface area contributed by atoms with Crippen molar-refractivity contribution in [1.29, 1.82) is 0 Å². The lowest BCUT2D eigenvalue weighted by atomic mass is 10.1. The number of carbonyl (C=O) groups excluding carboxylic acids is 1. The summed E-state index contributed by atoms with van der Waals surface area (Å²) in [7, 11) is 1.52. The average molecular weight is 270 g/mol. The Morgan fingerprint density at radius 1 is 1.25 bits per heavy atom. The Kier molecular flexibility index (Phi) is 4.03. The number of hydrogen-bond donors (Lipinski definition) is 1. The molecule has 0 aliphatic heterocycles. The van der Waals surface area contributed by atoms with Crippen LogP contribution in [0.15, 0.2) is 41.3 Å². The first-order valence-corrected chi connectivity index (χ1v) is 6.50. The van der Waals surface area contributed by atoms with Gasteiger partial charge in [-0.3, -0.25) is 9.59 Å². The summed E-state index contributed by atoms with van der Waals surface area (Å²) in [4.78, 5) is 24.1. The van der Waals surface area contributed by atoms with Crippen LogP contribution in [0.2, 0.25) is 0 Å². The van der Waals surface area contributed by atoms with Crippen LogP contribution in [-0.4, -0.2) is 17.5 Å². The topological polar surface area (TPSA) is 51.1 Å². The predicted molar refractivity (Wildman–Crippen MR) is 79.1 cm³/mol. The highest BCUT2D eigenvalue weighted by Crippen LogP contribution is 2.09. The van der Waals surface area contributed by atoms with E-state index in [2.05, 4.69) is 5.32 Å². The fourth-order valence-corrected chi connectivity index (χ4v) is 2.17. The van der Waals surface area contributed by atoms with E-state index in [0.29, 0.717) is 6.54 Å². The number of amides is 1. The number of nitrogens with one attached hydrogen (secondary N) is 1. The zero-order valence-corrected chi connectivity index (χ0v) is 11.9. The molecule has 1 amide bonds. The van der Waals surface area contributed by atoms with Gasteiger partial charge in [-0.1, -0.05) is 24.3 Å². The summed E-state index contributed by atoms with van der Waals surface area (Å²) in [6.45, 7) is 4.35. The highest BCUT2D eigenvalue weighted by molar-refractivity contribution is 5.93. The molecule has 0 spiro atoms. The summed E-state index contributed by atoms with van der Waals surface area (Å²) in [6, 6.07) is 9.53. The SMILES string of the molecule is CNC(=O)c1cc(C)cn(Cc2ccccc2C)c1=O. The molecule has 0 atom stereocenters. The molecular weight excluding hydrogens is 252 g/mol. The molecule has 2 rings (SSSR count). The molecule has 0 bridgehead atoms. The van der Waals surface area contributed by atoms with E-state index in [-0.39, 0.29) is 17.0 Å². The van der Waals surface area contributed by atoms with Crippen molar-refractivity contribution in [3.8, 4) is 0 Å². The lowest BCUT2D eigenvalue weighted by Gasteiger charge is -2.11. The van der Waals surface area contributed by atoms with Crippen molar-refractivity contribution in [2.24, 2.45) is 0 Å². The first kappa shape index (κ1) is 14.1. The number of carbonyl (C=O) groups is 1. The summed E-state index contributed by atoms with van der Waals surface area (Å²) >= 11 is 0. The largest absolute Gasteiger partial charge is 0.355 e. The zero-order chi connectivity index (χ0) is 14.7. The van der Waals surface area contributed by atoms with Gasteiger partial charge in [0.15, 0.2) is 0 Å². The third-order valence-corrected chi connectivity index (χ3v) is 3.30. The predicted octanol–water partition coefficient (Wildman–Crippen LogP) is 1.87. The summed E-state index contributed by atoms with van der Waals surface area (Å²) in [5.41, 5.74) is 3.00. The maximum absolute atomic E-state index is 12.3. The third-order valence-electron chi connectivity index (χ3n) is 3.30. The summed E-state index contributed by atoms with van der Waals surface area (Å²) in [5, 5.41) is 2.50. The molecular formula is C16H18N2O2. The Labute approximate surface area is 118 Å². The molecule has 1 heterocycles. The number of nitrogens with zero attached hydrogens (tertiary/aromatic N) is 1. The van der Waals surface area contributed by atoms with Gasteiger partial charge in [0.05, 0.1) is 6.54 Å². The van der Waals surface area contributed by atoms with Gasteiger partial charge in [0.1, 0.15) is 5.56 Å². The van der Waals surface area contributed by atoms with Crippen molar-refractivity contribution in [3.63, 3.8) is 0 Å². The minimum Gasteiger partial charge on any atom is -0.355 e. The highest BCUT2D eigenvalue weighted by atomic mass is 16.2. The van der Waals surface area contributed by atoms with Crippen LogP contribution in [0, 0.1) is 13.8 Å². The van der Waals surface area contributed by atoms with Crippen LogP contribution in [0.1, 0.15) is 27.0 Å². The maximum atomic E-state index is 12.3. The van der Waals surface area contributed by atoms with E-state index in [4.69, 9.17) is 0 Å². The molecule has 4 nitrogen and oxygen atoms in total. The summed E-state index contributed by atoms with van der Waals surface area (Å²) in [5.74, 6) is -0.350. The molecule has 4 heteroatoms. The molecule has 0 saturated carbocycles. The van der Waals surface area contributed by atoms with Crippen LogP contribution in [0.5, 0.6) is 0 Å². The summed E-state index contributed by atoms with van der Waals surface area (Å²) in [6.07, 6.45) is 1.78. The van der Waals surface area contributed by atoms with Gasteiger partial charge in [0, 0.05) is 13.2 Å². The van der Waals surface area contributed by atoms with Gasteiger partial charge in [0.25, 0.3) is 11.5 Å². The number of hydrogen-bond acceptors (Lipinski definition) is 2. The zero-order valence-electron chi connectivity index (χ0n) is 11.9. The molecule has 0 unspecified atom stereocenters. The summed E-state index contributed by atoms with van der Waals surface area (Å²) < 4.78 is 1.59. The molecule has 0 fully saturated rings. The van der Waals surface area contributed by atoms with E-state index in [1.807, 2.05) is 38.1 Å². The minimum atomic E-state index is -0.350. The molecule has 0 aliphatic carbocycles. The third kappa shape index (κ3) is 2.79. The molecule has 104 valence electrons. The fourth-order valence-electron chi connectivity index (χ4n) is 2.17. The van der Waals surface area contributed by atoms with Gasteiger partial charge >= 0.3 is 0 Å². The molecule has 0 saturated heterocycles. The Morgan fingerprint density at radius 2 is 1.95 bits per heavy atom. The van der Waals surface area contributed by atoms with E-state index in [1.54, 1.807) is 16.8 Å². The number of pyridine rings is 1. The number of rotatable bonds is 3. The van der Waals surface area contributed by atoms with E-state index < -0.39 is 0 Å². The molecule has 20 heavy (non-hydrogen) atoms. The second-order valence-corrected chi connectivity index (χ2v) is 4.87. The minimum absolute atomic E-state index is 0.182. The number of aromatic nitrogens is 1. The fraction of sp³-hybridized carbons (Fsp3) is 0.250. The molecule has 1 N–H and O–H groups in total. The molecule has 1 aromatic heterocycles. The van der Waals surface area contributed by atoms with Crippen LogP contribution >= 0.6 is 0 Å². The van der Waals surface area contributed by atoms with Crippen LogP contribution in [0.4, 0.5) is 0 Å². The normalized spacial score (nSPS) is 10.3. The Bertz CT molecular complexity index is 702. The first-order valence-electron chi connectivity index (χ1n) is 6.50. The van der Waals surface area contributed by atoms with Crippen LogP contribution < -0.4 is 10.9 Å². The van der Waals surface area contributed by atoms with Crippen molar-refractivity contribution in [2.75, 3.05) is 7.05 Å². The van der Waals surface area contributed by atoms with Gasteiger partial charge in [-0.15, -0.1) is 0 Å². The smallest absolute Gasteiger partial charge is 0.263 e. The Balaban J connectivity index is 2.48. The molecule has 0 aliphatic rings. The Morgan fingerprint density at radius 3 is 2.60 bits per heavy atom. The van der Waals surface area contributed by atoms with E-state index in [1.165, 1.54) is 7.05 Å². The van der Waals surface area contributed by atoms with Gasteiger partial charge in [-0.25, -0.2) is 0 Å². The second-order valence-electron chi connectivity index (χ2n) is 4.87. The second kappa shape index (κ2) is 5.74. The van der Waals surface area contributed by atoms with Crippen molar-refractivity contribution in [3.05, 3.63) is 69.1 Å². The molecule has 0 radical (unpaired) electrons. The van der Waals surface area contributed by atoms with Gasteiger partial charge in [-0.2, -0.15) is 0 Å². The highest BCUT2D eigenvalue weighted by Gasteiger charge is 2.12. The lowest BCUT2D eigenvalue weighted by molar-refractivity contribution is 0.0961. The van der Waals surface area contributed by atoms with E-state index in [9.17, 15) is 9.59 Å². The first-order chi connectivity index (χ1) is 9.52. The number of aryl methyl sites for hydroxylation is 2. The van der Waals surface area contributed by atoms with Crippen molar-refractivity contribution in [2.45, 2.75) is 20.4 Å². The number of benzene rings is 1. The van der Waals surface area contributed by atoms with Crippen molar-refractivity contribution < 1.29 is 4.79 Å². The lowest BCUT2D eigenvalue weighted by Crippen LogP contribution is -2.31. The van der Waals surface area contributed by atoms with Gasteiger partial charge in [0.2, 0.25) is 0 Å². The average Bonchev–Trinajstić information content (AvgIpc) is 2.44. The molecule has 2 aromatic rings. The van der Waals surface area contributed by atoms with Crippen LogP contribution in [0.25, 0.3) is 0 Å². The van der Waals surface area contributed by atoms with E-state index in [0.717, 1.165) is 16.7 Å². The maximum Gasteiger partial charge on any atom is 0.263 e.